The van der Waals surface area contributed by atoms with Gasteiger partial charge in [0.05, 0.1) is 6.54 Å². The maximum absolute atomic E-state index is 11.8. The van der Waals surface area contributed by atoms with Gasteiger partial charge in [0.15, 0.2) is 0 Å². The molecule has 0 aromatic carbocycles. The lowest BCUT2D eigenvalue weighted by Crippen LogP contribution is -2.35. The summed E-state index contributed by atoms with van der Waals surface area (Å²) < 4.78 is 11.0. The lowest BCUT2D eigenvalue weighted by atomic mass is 9.86. The highest BCUT2D eigenvalue weighted by atomic mass is 16.6. The Morgan fingerprint density at radius 3 is 2.33 bits per heavy atom. The van der Waals surface area contributed by atoms with E-state index in [-0.39, 0.29) is 11.4 Å². The van der Waals surface area contributed by atoms with E-state index in [1.54, 1.807) is 0 Å². The topological polar surface area (TPSA) is 42.7 Å². The first kappa shape index (κ1) is 17.8. The molecule has 21 heavy (non-hydrogen) atoms. The summed E-state index contributed by atoms with van der Waals surface area (Å²) in [6.45, 7) is 13.0. The van der Waals surface area contributed by atoms with Crippen LogP contribution in [0, 0.1) is 6.92 Å². The smallest absolute Gasteiger partial charge is 0.320 e. The predicted molar refractivity (Wildman–Crippen MR) is 84.4 cm³/mol. The minimum atomic E-state index is -0.428. The van der Waals surface area contributed by atoms with Crippen LogP contribution in [-0.2, 0) is 14.9 Å². The average molecular weight is 295 g/mol. The Kier molecular flexibility index (Phi) is 5.62. The second kappa shape index (κ2) is 6.65. The van der Waals surface area contributed by atoms with Crippen LogP contribution in [0.1, 0.15) is 52.6 Å². The third-order valence-electron chi connectivity index (χ3n) is 3.34. The van der Waals surface area contributed by atoms with Crippen molar-refractivity contribution in [3.05, 3.63) is 23.7 Å². The number of carbonyl (C=O) groups is 1. The Labute approximate surface area is 128 Å². The zero-order valence-corrected chi connectivity index (χ0v) is 14.4. The van der Waals surface area contributed by atoms with Crippen molar-refractivity contribution in [2.24, 2.45) is 0 Å². The van der Waals surface area contributed by atoms with Crippen molar-refractivity contribution in [3.63, 3.8) is 0 Å². The Morgan fingerprint density at radius 2 is 1.86 bits per heavy atom. The van der Waals surface area contributed by atoms with E-state index in [2.05, 4.69) is 13.8 Å². The van der Waals surface area contributed by atoms with Crippen molar-refractivity contribution in [2.45, 2.75) is 59.0 Å². The number of carbonyl (C=O) groups excluding carboxylic acids is 1. The maximum Gasteiger partial charge on any atom is 0.320 e. The van der Waals surface area contributed by atoms with Gasteiger partial charge in [-0.3, -0.25) is 9.69 Å². The number of ether oxygens (including phenoxy) is 1. The zero-order valence-electron chi connectivity index (χ0n) is 14.4. The van der Waals surface area contributed by atoms with Crippen molar-refractivity contribution in [3.8, 4) is 0 Å². The summed E-state index contributed by atoms with van der Waals surface area (Å²) in [7, 11) is 1.94. The number of hydrogen-bond acceptors (Lipinski definition) is 4. The molecule has 0 saturated carbocycles. The molecule has 1 aromatic rings. The standard InChI is InChI=1S/C17H29NO3/c1-13-8-9-14(20-13)17(5,6)10-11-18(7)12-15(19)21-16(2,3)4/h8-9H,10-12H2,1-7H3. The van der Waals surface area contributed by atoms with Crippen LogP contribution in [0.5, 0.6) is 0 Å². The first-order valence-electron chi connectivity index (χ1n) is 7.47. The molecule has 0 atom stereocenters. The third kappa shape index (κ3) is 6.34. The molecule has 0 saturated heterocycles. The van der Waals surface area contributed by atoms with Crippen molar-refractivity contribution < 1.29 is 13.9 Å². The van der Waals surface area contributed by atoms with Gasteiger partial charge in [-0.2, -0.15) is 0 Å². The van der Waals surface area contributed by atoms with Gasteiger partial charge >= 0.3 is 5.97 Å². The molecule has 0 radical (unpaired) electrons. The van der Waals surface area contributed by atoms with E-state index >= 15 is 0 Å². The third-order valence-corrected chi connectivity index (χ3v) is 3.34. The maximum atomic E-state index is 11.8. The van der Waals surface area contributed by atoms with Crippen LogP contribution < -0.4 is 0 Å². The number of rotatable bonds is 6. The van der Waals surface area contributed by atoms with Crippen LogP contribution in [0.4, 0.5) is 0 Å². The number of aryl methyl sites for hydroxylation is 1. The zero-order chi connectivity index (χ0) is 16.3. The van der Waals surface area contributed by atoms with Crippen LogP contribution >= 0.6 is 0 Å². The minimum Gasteiger partial charge on any atom is -0.466 e. The normalized spacial score (nSPS) is 12.8. The average Bonchev–Trinajstić information content (AvgIpc) is 2.71. The molecule has 1 aromatic heterocycles. The molecule has 0 spiro atoms. The summed E-state index contributed by atoms with van der Waals surface area (Å²) in [4.78, 5) is 13.8. The number of furan rings is 1. The largest absolute Gasteiger partial charge is 0.466 e. The van der Waals surface area contributed by atoms with Gasteiger partial charge in [-0.1, -0.05) is 13.8 Å². The second-order valence-electron chi connectivity index (χ2n) is 7.37. The van der Waals surface area contributed by atoms with E-state index in [0.717, 1.165) is 24.5 Å². The molecule has 0 N–H and O–H groups in total. The van der Waals surface area contributed by atoms with Crippen LogP contribution in [0.25, 0.3) is 0 Å². The number of esters is 1. The van der Waals surface area contributed by atoms with Gasteiger partial charge in [0, 0.05) is 5.41 Å². The van der Waals surface area contributed by atoms with E-state index in [9.17, 15) is 4.79 Å². The molecule has 1 heterocycles. The second-order valence-corrected chi connectivity index (χ2v) is 7.37. The fourth-order valence-electron chi connectivity index (χ4n) is 2.07. The van der Waals surface area contributed by atoms with Crippen LogP contribution in [0.15, 0.2) is 16.5 Å². The van der Waals surface area contributed by atoms with Crippen molar-refractivity contribution in [1.29, 1.82) is 0 Å². The van der Waals surface area contributed by atoms with E-state index in [0.29, 0.717) is 6.54 Å². The molecule has 0 aliphatic heterocycles. The lowest BCUT2D eigenvalue weighted by molar-refractivity contribution is -0.155. The summed E-state index contributed by atoms with van der Waals surface area (Å²) >= 11 is 0. The van der Waals surface area contributed by atoms with Crippen LogP contribution in [0.3, 0.4) is 0 Å². The molecule has 0 aliphatic carbocycles. The summed E-state index contributed by atoms with van der Waals surface area (Å²) in [5.41, 5.74) is -0.473. The number of hydrogen-bond donors (Lipinski definition) is 0. The quantitative estimate of drug-likeness (QED) is 0.753. The summed E-state index contributed by atoms with van der Waals surface area (Å²) in [5, 5.41) is 0. The van der Waals surface area contributed by atoms with Crippen LogP contribution in [-0.4, -0.2) is 36.6 Å². The fourth-order valence-corrected chi connectivity index (χ4v) is 2.07. The number of nitrogens with zero attached hydrogens (tertiary/aromatic N) is 1. The lowest BCUT2D eigenvalue weighted by Gasteiger charge is -2.26. The molecule has 0 fully saturated rings. The molecule has 4 heteroatoms. The summed E-state index contributed by atoms with van der Waals surface area (Å²) in [6, 6.07) is 4.02. The minimum absolute atomic E-state index is 0.0452. The van der Waals surface area contributed by atoms with Gasteiger partial charge in [-0.05, 0) is 59.8 Å². The Hall–Kier alpha value is -1.29. The Morgan fingerprint density at radius 1 is 1.24 bits per heavy atom. The van der Waals surface area contributed by atoms with Gasteiger partial charge in [0.25, 0.3) is 0 Å². The van der Waals surface area contributed by atoms with Gasteiger partial charge in [0.1, 0.15) is 17.1 Å². The highest BCUT2D eigenvalue weighted by Crippen LogP contribution is 2.28. The molecule has 120 valence electrons. The van der Waals surface area contributed by atoms with Crippen molar-refractivity contribution in [1.82, 2.24) is 4.90 Å². The monoisotopic (exact) mass is 295 g/mol. The first-order valence-corrected chi connectivity index (χ1v) is 7.47. The van der Waals surface area contributed by atoms with E-state index < -0.39 is 5.60 Å². The van der Waals surface area contributed by atoms with Gasteiger partial charge in [-0.15, -0.1) is 0 Å². The predicted octanol–water partition coefficient (Wildman–Crippen LogP) is 3.53. The van der Waals surface area contributed by atoms with Crippen molar-refractivity contribution >= 4 is 5.97 Å². The Bertz CT molecular complexity index is 469. The molecule has 4 nitrogen and oxygen atoms in total. The molecule has 0 aliphatic rings. The van der Waals surface area contributed by atoms with Gasteiger partial charge in [-0.25, -0.2) is 0 Å². The van der Waals surface area contributed by atoms with Gasteiger partial charge in [0.2, 0.25) is 0 Å². The fraction of sp³-hybridized carbons (Fsp3) is 0.706. The Balaban J connectivity index is 2.45. The highest BCUT2D eigenvalue weighted by Gasteiger charge is 2.25. The first-order chi connectivity index (χ1) is 9.49. The molecule has 0 amide bonds. The molecular formula is C17H29NO3. The highest BCUT2D eigenvalue weighted by molar-refractivity contribution is 5.72. The van der Waals surface area contributed by atoms with Gasteiger partial charge < -0.3 is 9.15 Å². The van der Waals surface area contributed by atoms with E-state index in [1.807, 2.05) is 51.8 Å². The molecule has 0 unspecified atom stereocenters. The number of likely N-dealkylation sites (N-methyl/N-ethyl adjacent to an activating group) is 1. The molecular weight excluding hydrogens is 266 g/mol. The van der Waals surface area contributed by atoms with E-state index in [4.69, 9.17) is 9.15 Å². The molecule has 0 bridgehead atoms. The van der Waals surface area contributed by atoms with Crippen LogP contribution in [0.2, 0.25) is 0 Å². The summed E-state index contributed by atoms with van der Waals surface area (Å²) in [5.74, 6) is 1.74. The van der Waals surface area contributed by atoms with Crippen molar-refractivity contribution in [2.75, 3.05) is 20.1 Å². The molecule has 1 rings (SSSR count). The summed E-state index contributed by atoms with van der Waals surface area (Å²) in [6.07, 6.45) is 0.916. The SMILES string of the molecule is Cc1ccc(C(C)(C)CCN(C)CC(=O)OC(C)(C)C)o1. The van der Waals surface area contributed by atoms with E-state index in [1.165, 1.54) is 0 Å².